The number of ketones is 1. The minimum absolute atomic E-state index is 0.0204. The summed E-state index contributed by atoms with van der Waals surface area (Å²) in [7, 11) is 1.51. The lowest BCUT2D eigenvalue weighted by atomic mass is 10.0. The molecule has 0 amide bonds. The lowest BCUT2D eigenvalue weighted by Crippen LogP contribution is -2.00. The van der Waals surface area contributed by atoms with Crippen LogP contribution in [-0.4, -0.2) is 18.9 Å². The molecule has 8 rings (SSSR count). The highest BCUT2D eigenvalue weighted by Gasteiger charge is 2.53. The summed E-state index contributed by atoms with van der Waals surface area (Å²) in [5, 5.41) is 0. The smallest absolute Gasteiger partial charge is 0.305 e. The summed E-state index contributed by atoms with van der Waals surface area (Å²) in [5.74, 6) is 17.8. The second kappa shape index (κ2) is 19.1. The van der Waals surface area contributed by atoms with Crippen molar-refractivity contribution in [3.05, 3.63) is 0 Å². The second-order valence-electron chi connectivity index (χ2n) is 21.5. The fourth-order valence-corrected chi connectivity index (χ4v) is 12.2. The molecule has 53 heavy (non-hydrogen) atoms. The zero-order valence-electron chi connectivity index (χ0n) is 35.3. The molecule has 0 aromatic heterocycles. The zero-order valence-corrected chi connectivity index (χ0v) is 35.3. The zero-order chi connectivity index (χ0) is 36.9. The monoisotopic (exact) mass is 733 g/mol. The van der Waals surface area contributed by atoms with Crippen molar-refractivity contribution in [3.63, 3.8) is 0 Å². The van der Waals surface area contributed by atoms with Crippen LogP contribution in [0.15, 0.2) is 0 Å². The van der Waals surface area contributed by atoms with Crippen LogP contribution in [0.3, 0.4) is 0 Å². The Labute approximate surface area is 327 Å². The van der Waals surface area contributed by atoms with Crippen LogP contribution in [0.4, 0.5) is 0 Å². The molecule has 0 heterocycles. The molecule has 0 aromatic carbocycles. The largest absolute Gasteiger partial charge is 0.469 e. The lowest BCUT2D eigenvalue weighted by molar-refractivity contribution is -0.140. The van der Waals surface area contributed by atoms with E-state index in [-0.39, 0.29) is 5.97 Å². The lowest BCUT2D eigenvalue weighted by Gasteiger charge is -2.03. The maximum absolute atomic E-state index is 11.3. The fourth-order valence-electron chi connectivity index (χ4n) is 12.2. The molecule has 3 heteroatoms. The maximum atomic E-state index is 11.3. The Morgan fingerprint density at radius 3 is 1.15 bits per heavy atom. The number of hydrogen-bond acceptors (Lipinski definition) is 3. The number of carbonyl (C=O) groups is 2. The first kappa shape index (κ1) is 40.3. The molecule has 8 saturated carbocycles. The molecule has 0 spiro atoms. The number of Topliss-reactive ketones (excluding diaryl/α,β-unsaturated/α-hetero) is 1. The van der Waals surface area contributed by atoms with E-state index in [4.69, 9.17) is 4.74 Å². The predicted molar refractivity (Wildman–Crippen MR) is 219 cm³/mol. The molecule has 3 nitrogen and oxygen atoms in total. The molecule has 0 aromatic rings. The van der Waals surface area contributed by atoms with Gasteiger partial charge in [-0.3, -0.25) is 4.79 Å². The van der Waals surface area contributed by atoms with Crippen molar-refractivity contribution in [2.24, 2.45) is 94.7 Å². The van der Waals surface area contributed by atoms with E-state index >= 15 is 0 Å². The van der Waals surface area contributed by atoms with Crippen molar-refractivity contribution in [1.29, 1.82) is 0 Å². The number of methoxy groups -OCH3 is 1. The predicted octanol–water partition coefficient (Wildman–Crippen LogP) is 13.7. The van der Waals surface area contributed by atoms with Gasteiger partial charge in [0.25, 0.3) is 0 Å². The summed E-state index contributed by atoms with van der Waals surface area (Å²) < 4.78 is 4.78. The van der Waals surface area contributed by atoms with E-state index < -0.39 is 0 Å². The van der Waals surface area contributed by atoms with Gasteiger partial charge in [-0.2, -0.15) is 0 Å². The van der Waals surface area contributed by atoms with Crippen molar-refractivity contribution >= 4 is 11.8 Å². The third-order valence-electron chi connectivity index (χ3n) is 16.9. The number of unbranched alkanes of at least 4 members (excludes halogenated alkanes) is 6. The van der Waals surface area contributed by atoms with Gasteiger partial charge in [-0.25, -0.2) is 0 Å². The molecule has 16 atom stereocenters. The van der Waals surface area contributed by atoms with Gasteiger partial charge in [-0.15, -0.1) is 0 Å². The third-order valence-corrected chi connectivity index (χ3v) is 16.9. The van der Waals surface area contributed by atoms with Gasteiger partial charge in [-0.1, -0.05) is 78.1 Å². The van der Waals surface area contributed by atoms with Crippen LogP contribution in [0.1, 0.15) is 201 Å². The van der Waals surface area contributed by atoms with Gasteiger partial charge in [0.05, 0.1) is 7.11 Å². The van der Waals surface area contributed by atoms with E-state index in [1.54, 1.807) is 77.6 Å². The molecule has 0 N–H and O–H groups in total. The Morgan fingerprint density at radius 1 is 0.415 bits per heavy atom. The molecule has 16 unspecified atom stereocenters. The van der Waals surface area contributed by atoms with Crippen molar-refractivity contribution < 1.29 is 14.3 Å². The standard InChI is InChI=1S/C29H46O2.C21H38O/c1-3-17-6-19(17)8-21-10-23(21)12-25-14-27(25)16-28-15-26(28)13-24-11-22(24)9-20-7-18(20)4-5-29(30)31-2;1-3-4-8-12-18-14-20(18)16-21-15-19(21)13-10-7-5-6-9-11-17(2)22/h17-28H,3-16H2,1-2H3;18-21H,3-16H2,1-2H3. The Kier molecular flexibility index (Phi) is 14.5. The minimum atomic E-state index is -0.0204. The number of ether oxygens (including phenoxy) is 1. The summed E-state index contributed by atoms with van der Waals surface area (Å²) in [6.07, 6.45) is 39.6. The highest BCUT2D eigenvalue weighted by molar-refractivity contribution is 5.75. The highest BCUT2D eigenvalue weighted by atomic mass is 16.5. The first-order valence-electron chi connectivity index (χ1n) is 24.4. The minimum Gasteiger partial charge on any atom is -0.469 e. The Morgan fingerprint density at radius 2 is 0.755 bits per heavy atom. The van der Waals surface area contributed by atoms with Crippen LogP contribution in [0.25, 0.3) is 0 Å². The molecule has 8 fully saturated rings. The van der Waals surface area contributed by atoms with Gasteiger partial charge in [0.1, 0.15) is 5.78 Å². The summed E-state index contributed by atoms with van der Waals surface area (Å²) >= 11 is 0. The van der Waals surface area contributed by atoms with Crippen LogP contribution in [0, 0.1) is 94.7 Å². The normalized spacial score (nSPS) is 41.9. The topological polar surface area (TPSA) is 43.4 Å². The first-order chi connectivity index (χ1) is 25.8. The van der Waals surface area contributed by atoms with Crippen LogP contribution >= 0.6 is 0 Å². The van der Waals surface area contributed by atoms with Gasteiger partial charge in [0.2, 0.25) is 0 Å². The molecular formula is C50H84O3. The van der Waals surface area contributed by atoms with Gasteiger partial charge in [0, 0.05) is 12.8 Å². The van der Waals surface area contributed by atoms with Crippen LogP contribution < -0.4 is 0 Å². The average Bonchev–Trinajstić information content (AvgIpc) is 3.91. The van der Waals surface area contributed by atoms with E-state index in [1.807, 2.05) is 0 Å². The molecular weight excluding hydrogens is 649 g/mol. The summed E-state index contributed by atoms with van der Waals surface area (Å²) in [6, 6.07) is 0. The van der Waals surface area contributed by atoms with Crippen LogP contribution in [-0.2, 0) is 14.3 Å². The molecule has 302 valence electrons. The molecule has 0 radical (unpaired) electrons. The Balaban J connectivity index is 0.000000175. The summed E-state index contributed by atoms with van der Waals surface area (Å²) in [5.41, 5.74) is 0. The molecule has 0 bridgehead atoms. The first-order valence-corrected chi connectivity index (χ1v) is 24.4. The molecule has 8 aliphatic carbocycles. The quantitative estimate of drug-likeness (QED) is 0.0594. The van der Waals surface area contributed by atoms with Gasteiger partial charge in [-0.05, 0) is 204 Å². The van der Waals surface area contributed by atoms with E-state index in [0.717, 1.165) is 114 Å². The van der Waals surface area contributed by atoms with Crippen molar-refractivity contribution in [1.82, 2.24) is 0 Å². The van der Waals surface area contributed by atoms with Crippen molar-refractivity contribution in [2.45, 2.75) is 201 Å². The average molecular weight is 733 g/mol. The maximum Gasteiger partial charge on any atom is 0.305 e. The highest BCUT2D eigenvalue weighted by Crippen LogP contribution is 2.62. The van der Waals surface area contributed by atoms with Crippen molar-refractivity contribution in [3.8, 4) is 0 Å². The van der Waals surface area contributed by atoms with E-state index in [9.17, 15) is 9.59 Å². The van der Waals surface area contributed by atoms with Gasteiger partial charge < -0.3 is 9.53 Å². The third kappa shape index (κ3) is 13.6. The SMILES string of the molecule is CCC1CC1CC1CC1CC1CC1CC1CC1CC1CC1CC1CC1CCC(=O)OC.CCCCCC1CC1CC1CC1CCCCCCCC(C)=O. The molecule has 8 aliphatic rings. The number of rotatable bonds is 28. The fraction of sp³-hybridized carbons (Fsp3) is 0.960. The number of carbonyl (C=O) groups excluding carboxylic acids is 2. The van der Waals surface area contributed by atoms with Crippen LogP contribution in [0.5, 0.6) is 0 Å². The number of hydrogen-bond donors (Lipinski definition) is 0. The van der Waals surface area contributed by atoms with E-state index in [2.05, 4.69) is 13.8 Å². The van der Waals surface area contributed by atoms with E-state index in [0.29, 0.717) is 12.2 Å². The second-order valence-corrected chi connectivity index (χ2v) is 21.5. The summed E-state index contributed by atoms with van der Waals surface area (Å²) in [4.78, 5) is 22.2. The Bertz CT molecular complexity index is 1160. The van der Waals surface area contributed by atoms with Gasteiger partial charge >= 0.3 is 5.97 Å². The molecule has 0 aliphatic heterocycles. The van der Waals surface area contributed by atoms with E-state index in [1.165, 1.54) is 90.6 Å². The summed E-state index contributed by atoms with van der Waals surface area (Å²) in [6.45, 7) is 6.40. The Hall–Kier alpha value is -0.860. The number of esters is 1. The molecule has 0 saturated heterocycles. The van der Waals surface area contributed by atoms with Crippen molar-refractivity contribution in [2.75, 3.05) is 7.11 Å². The van der Waals surface area contributed by atoms with Gasteiger partial charge in [0.15, 0.2) is 0 Å². The van der Waals surface area contributed by atoms with Crippen LogP contribution in [0.2, 0.25) is 0 Å².